The third kappa shape index (κ3) is 5.09. The first-order chi connectivity index (χ1) is 23.2. The van der Waals surface area contributed by atoms with Crippen molar-refractivity contribution >= 4 is 21.8 Å². The van der Waals surface area contributed by atoms with Gasteiger partial charge in [-0.3, -0.25) is 0 Å². The predicted octanol–water partition coefficient (Wildman–Crippen LogP) is 9.99. The van der Waals surface area contributed by atoms with Crippen LogP contribution in [0.1, 0.15) is 11.4 Å². The lowest BCUT2D eigenvalue weighted by Gasteiger charge is -2.11. The second-order valence-electron chi connectivity index (χ2n) is 11.4. The highest BCUT2D eigenvalue weighted by molar-refractivity contribution is 6.11. The van der Waals surface area contributed by atoms with Crippen LogP contribution in [-0.2, 0) is 0 Å². The SMILES string of the molecule is N#Cc1cc(-c2cccc(-c3ccc4c5ccc(-c6cccc(-c7ccnc(C#N)c7)c6)cc5n(-c5ccccc5)c4c3)c2)ccn1. The summed E-state index contributed by atoms with van der Waals surface area (Å²) in [5.41, 5.74) is 12.5. The summed E-state index contributed by atoms with van der Waals surface area (Å²) in [6, 6.07) is 52.4. The highest BCUT2D eigenvalue weighted by Crippen LogP contribution is 2.38. The maximum atomic E-state index is 9.35. The molecule has 5 nitrogen and oxygen atoms in total. The molecule has 0 bridgehead atoms. The Morgan fingerprint density at radius 1 is 0.404 bits per heavy atom. The van der Waals surface area contributed by atoms with Gasteiger partial charge in [-0.2, -0.15) is 10.5 Å². The van der Waals surface area contributed by atoms with Gasteiger partial charge in [0, 0.05) is 28.9 Å². The quantitative estimate of drug-likeness (QED) is 0.197. The van der Waals surface area contributed by atoms with E-state index in [1.165, 1.54) is 10.8 Å². The van der Waals surface area contributed by atoms with Crippen LogP contribution in [0.3, 0.4) is 0 Å². The number of pyridine rings is 2. The molecule has 0 saturated carbocycles. The molecular formula is C42H25N5. The van der Waals surface area contributed by atoms with Crippen LogP contribution in [0.15, 0.2) is 152 Å². The Morgan fingerprint density at radius 2 is 0.830 bits per heavy atom. The molecule has 218 valence electrons. The topological polar surface area (TPSA) is 78.3 Å². The monoisotopic (exact) mass is 599 g/mol. The second kappa shape index (κ2) is 11.6. The zero-order chi connectivity index (χ0) is 31.7. The molecule has 3 heterocycles. The van der Waals surface area contributed by atoms with Crippen LogP contribution in [0.2, 0.25) is 0 Å². The lowest BCUT2D eigenvalue weighted by atomic mass is 9.97. The Balaban J connectivity index is 1.28. The molecule has 0 aliphatic heterocycles. The molecule has 0 N–H and O–H groups in total. The third-order valence-electron chi connectivity index (χ3n) is 8.59. The summed E-state index contributed by atoms with van der Waals surface area (Å²) in [4.78, 5) is 8.26. The Labute approximate surface area is 271 Å². The molecule has 8 aromatic rings. The molecule has 0 amide bonds. The Bertz CT molecular complexity index is 2390. The molecule has 0 spiro atoms. The maximum absolute atomic E-state index is 9.35. The molecule has 0 aliphatic carbocycles. The highest BCUT2D eigenvalue weighted by Gasteiger charge is 2.15. The minimum atomic E-state index is 0.401. The Morgan fingerprint density at radius 3 is 1.28 bits per heavy atom. The van der Waals surface area contributed by atoms with Crippen LogP contribution in [0, 0.1) is 22.7 Å². The molecule has 3 aromatic heterocycles. The van der Waals surface area contributed by atoms with Crippen LogP contribution in [-0.4, -0.2) is 14.5 Å². The lowest BCUT2D eigenvalue weighted by Crippen LogP contribution is -1.94. The van der Waals surface area contributed by atoms with Crippen LogP contribution < -0.4 is 0 Å². The van der Waals surface area contributed by atoms with Crippen molar-refractivity contribution in [1.29, 1.82) is 10.5 Å². The average molecular weight is 600 g/mol. The molecule has 5 aromatic carbocycles. The number of nitrogens with zero attached hydrogens (tertiary/aromatic N) is 5. The van der Waals surface area contributed by atoms with E-state index in [1.54, 1.807) is 12.4 Å². The first kappa shape index (κ1) is 27.7. The summed E-state index contributed by atoms with van der Waals surface area (Å²) < 4.78 is 2.34. The predicted molar refractivity (Wildman–Crippen MR) is 188 cm³/mol. The van der Waals surface area contributed by atoms with E-state index in [2.05, 4.69) is 136 Å². The number of para-hydroxylation sites is 1. The van der Waals surface area contributed by atoms with Gasteiger partial charge in [0.15, 0.2) is 0 Å². The maximum Gasteiger partial charge on any atom is 0.141 e. The minimum absolute atomic E-state index is 0.401. The van der Waals surface area contributed by atoms with Crippen molar-refractivity contribution in [3.8, 4) is 62.3 Å². The summed E-state index contributed by atoms with van der Waals surface area (Å²) in [7, 11) is 0. The molecule has 0 aliphatic rings. The van der Waals surface area contributed by atoms with Crippen molar-refractivity contribution in [3.63, 3.8) is 0 Å². The molecule has 8 rings (SSSR count). The van der Waals surface area contributed by atoms with Crippen molar-refractivity contribution in [2.75, 3.05) is 0 Å². The van der Waals surface area contributed by atoms with Crippen molar-refractivity contribution < 1.29 is 0 Å². The summed E-state index contributed by atoms with van der Waals surface area (Å²) in [6.07, 6.45) is 3.36. The Hall–Kier alpha value is -6.82. The zero-order valence-electron chi connectivity index (χ0n) is 25.2. The summed E-state index contributed by atoms with van der Waals surface area (Å²) in [5, 5.41) is 21.1. The molecular weight excluding hydrogens is 574 g/mol. The molecule has 47 heavy (non-hydrogen) atoms. The van der Waals surface area contributed by atoms with Gasteiger partial charge < -0.3 is 4.57 Å². The fraction of sp³-hybridized carbons (Fsp3) is 0. The smallest absolute Gasteiger partial charge is 0.141 e. The van der Waals surface area contributed by atoms with Crippen molar-refractivity contribution in [2.45, 2.75) is 0 Å². The van der Waals surface area contributed by atoms with Crippen LogP contribution in [0.5, 0.6) is 0 Å². The number of aromatic nitrogens is 3. The second-order valence-corrected chi connectivity index (χ2v) is 11.4. The number of nitriles is 2. The van der Waals surface area contributed by atoms with Gasteiger partial charge in [0.25, 0.3) is 0 Å². The fourth-order valence-corrected chi connectivity index (χ4v) is 6.33. The first-order valence-electron chi connectivity index (χ1n) is 15.3. The van der Waals surface area contributed by atoms with Gasteiger partial charge in [0.05, 0.1) is 11.0 Å². The fourth-order valence-electron chi connectivity index (χ4n) is 6.33. The van der Waals surface area contributed by atoms with Gasteiger partial charge in [-0.05, 0) is 105 Å². The van der Waals surface area contributed by atoms with Gasteiger partial charge in [-0.15, -0.1) is 0 Å². The number of benzene rings is 5. The van der Waals surface area contributed by atoms with Crippen molar-refractivity contribution in [3.05, 3.63) is 163 Å². The third-order valence-corrected chi connectivity index (χ3v) is 8.59. The normalized spacial score (nSPS) is 10.9. The molecule has 5 heteroatoms. The summed E-state index contributed by atoms with van der Waals surface area (Å²) >= 11 is 0. The van der Waals surface area contributed by atoms with Gasteiger partial charge in [0.2, 0.25) is 0 Å². The van der Waals surface area contributed by atoms with E-state index < -0.39 is 0 Å². The molecule has 0 radical (unpaired) electrons. The number of hydrogen-bond acceptors (Lipinski definition) is 4. The minimum Gasteiger partial charge on any atom is -0.309 e. The average Bonchev–Trinajstić information content (AvgIpc) is 3.48. The Kier molecular flexibility index (Phi) is 6.84. The summed E-state index contributed by atoms with van der Waals surface area (Å²) in [6.45, 7) is 0. The lowest BCUT2D eigenvalue weighted by molar-refractivity contribution is 1.18. The molecule has 0 unspecified atom stereocenters. The zero-order valence-corrected chi connectivity index (χ0v) is 25.2. The van der Waals surface area contributed by atoms with Crippen molar-refractivity contribution in [2.24, 2.45) is 0 Å². The van der Waals surface area contributed by atoms with Gasteiger partial charge in [-0.25, -0.2) is 9.97 Å². The number of rotatable bonds is 5. The van der Waals surface area contributed by atoms with E-state index in [1.807, 2.05) is 30.3 Å². The van der Waals surface area contributed by atoms with Crippen molar-refractivity contribution in [1.82, 2.24) is 14.5 Å². The first-order valence-corrected chi connectivity index (χ1v) is 15.3. The van der Waals surface area contributed by atoms with Gasteiger partial charge in [-0.1, -0.05) is 78.9 Å². The van der Waals surface area contributed by atoms with E-state index in [9.17, 15) is 10.5 Å². The molecule has 0 saturated heterocycles. The van der Waals surface area contributed by atoms with E-state index in [0.29, 0.717) is 11.4 Å². The van der Waals surface area contributed by atoms with Gasteiger partial charge >= 0.3 is 0 Å². The van der Waals surface area contributed by atoms with E-state index in [4.69, 9.17) is 0 Å². The highest BCUT2D eigenvalue weighted by atomic mass is 15.0. The van der Waals surface area contributed by atoms with Crippen LogP contribution in [0.4, 0.5) is 0 Å². The van der Waals surface area contributed by atoms with Crippen LogP contribution in [0.25, 0.3) is 72.0 Å². The number of hydrogen-bond donors (Lipinski definition) is 0. The van der Waals surface area contributed by atoms with E-state index in [0.717, 1.165) is 61.2 Å². The summed E-state index contributed by atoms with van der Waals surface area (Å²) in [5.74, 6) is 0. The van der Waals surface area contributed by atoms with Gasteiger partial charge in [0.1, 0.15) is 23.5 Å². The number of fused-ring (bicyclic) bond motifs is 3. The molecule has 0 atom stereocenters. The van der Waals surface area contributed by atoms with Crippen LogP contribution >= 0.6 is 0 Å². The van der Waals surface area contributed by atoms with E-state index in [-0.39, 0.29) is 0 Å². The largest absolute Gasteiger partial charge is 0.309 e. The van der Waals surface area contributed by atoms with E-state index >= 15 is 0 Å². The molecule has 0 fully saturated rings. The standard InChI is InChI=1S/C42H25N5/c43-26-36-22-34(16-18-45-36)30-8-4-6-28(20-30)32-12-14-39-40-15-13-33(25-42(40)47(41(39)24-32)38-10-2-1-3-11-38)29-7-5-9-31(21-29)35-17-19-46-37(23-35)27-44/h1-25H.